The smallest absolute Gasteiger partial charge is 0.0685 e. The minimum absolute atomic E-state index is 0.298. The second-order valence-electron chi connectivity index (χ2n) is 8.11. The summed E-state index contributed by atoms with van der Waals surface area (Å²) in [5.41, 5.74) is 6.40. The molecule has 0 bridgehead atoms. The zero-order chi connectivity index (χ0) is 14.2. The van der Waals surface area contributed by atoms with Crippen molar-refractivity contribution in [1.29, 1.82) is 0 Å². The van der Waals surface area contributed by atoms with Gasteiger partial charge >= 0.3 is 0 Å². The first-order valence-corrected chi connectivity index (χ1v) is 8.97. The van der Waals surface area contributed by atoms with Gasteiger partial charge in [0.1, 0.15) is 0 Å². The summed E-state index contributed by atoms with van der Waals surface area (Å²) in [6.07, 6.45) is 10.8. The second-order valence-corrected chi connectivity index (χ2v) is 8.11. The van der Waals surface area contributed by atoms with Gasteiger partial charge in [0.25, 0.3) is 0 Å². The molecule has 116 valence electrons. The van der Waals surface area contributed by atoms with Crippen LogP contribution in [-0.2, 0) is 4.74 Å². The normalized spacial score (nSPS) is 40.8. The molecule has 3 fully saturated rings. The van der Waals surface area contributed by atoms with Gasteiger partial charge < -0.3 is 10.5 Å². The molecule has 2 nitrogen and oxygen atoms in total. The topological polar surface area (TPSA) is 35.2 Å². The third-order valence-corrected chi connectivity index (χ3v) is 6.74. The van der Waals surface area contributed by atoms with Gasteiger partial charge in [-0.2, -0.15) is 0 Å². The predicted octanol–water partition coefficient (Wildman–Crippen LogP) is 3.98. The van der Waals surface area contributed by atoms with E-state index in [1.165, 1.54) is 51.4 Å². The Kier molecular flexibility index (Phi) is 4.42. The van der Waals surface area contributed by atoms with Gasteiger partial charge in [-0.25, -0.2) is 0 Å². The molecule has 1 aliphatic heterocycles. The third kappa shape index (κ3) is 2.78. The zero-order valence-corrected chi connectivity index (χ0v) is 13.4. The van der Waals surface area contributed by atoms with Crippen molar-refractivity contribution in [2.75, 3.05) is 13.2 Å². The SMILES string of the molecule is CC(C)C1CCC(CN)C(C2CCOC3(CCC3)C2)C1. The van der Waals surface area contributed by atoms with E-state index in [2.05, 4.69) is 13.8 Å². The molecular weight excluding hydrogens is 246 g/mol. The molecule has 0 aromatic rings. The Balaban J connectivity index is 1.68. The molecule has 0 aromatic heterocycles. The highest BCUT2D eigenvalue weighted by Gasteiger charge is 2.46. The molecule has 2 aliphatic carbocycles. The van der Waals surface area contributed by atoms with Gasteiger partial charge in [-0.1, -0.05) is 13.8 Å². The van der Waals surface area contributed by atoms with E-state index in [9.17, 15) is 0 Å². The Hall–Kier alpha value is -0.0800. The van der Waals surface area contributed by atoms with Crippen molar-refractivity contribution in [3.05, 3.63) is 0 Å². The highest BCUT2D eigenvalue weighted by molar-refractivity contribution is 4.97. The summed E-state index contributed by atoms with van der Waals surface area (Å²) >= 11 is 0. The number of ether oxygens (including phenoxy) is 1. The van der Waals surface area contributed by atoms with Gasteiger partial charge in [0, 0.05) is 6.61 Å². The molecule has 20 heavy (non-hydrogen) atoms. The fourth-order valence-electron chi connectivity index (χ4n) is 5.13. The lowest BCUT2D eigenvalue weighted by Gasteiger charge is -2.51. The molecule has 2 heteroatoms. The molecule has 0 aromatic carbocycles. The van der Waals surface area contributed by atoms with Crippen LogP contribution in [0.5, 0.6) is 0 Å². The molecule has 3 aliphatic rings. The summed E-state index contributed by atoms with van der Waals surface area (Å²) in [4.78, 5) is 0. The minimum atomic E-state index is 0.298. The van der Waals surface area contributed by atoms with E-state index in [0.717, 1.165) is 42.7 Å². The Morgan fingerprint density at radius 2 is 2.00 bits per heavy atom. The number of hydrogen-bond acceptors (Lipinski definition) is 2. The highest BCUT2D eigenvalue weighted by Crippen LogP contribution is 2.50. The van der Waals surface area contributed by atoms with Crippen LogP contribution in [0.4, 0.5) is 0 Å². The summed E-state index contributed by atoms with van der Waals surface area (Å²) in [6, 6.07) is 0. The van der Waals surface area contributed by atoms with Crippen LogP contribution in [0, 0.1) is 29.6 Å². The summed E-state index contributed by atoms with van der Waals surface area (Å²) < 4.78 is 6.13. The van der Waals surface area contributed by atoms with Crippen LogP contribution in [-0.4, -0.2) is 18.8 Å². The summed E-state index contributed by atoms with van der Waals surface area (Å²) in [6.45, 7) is 6.72. The molecule has 0 radical (unpaired) electrons. The molecule has 2 saturated carbocycles. The van der Waals surface area contributed by atoms with E-state index in [0.29, 0.717) is 5.60 Å². The highest BCUT2D eigenvalue weighted by atomic mass is 16.5. The van der Waals surface area contributed by atoms with Crippen molar-refractivity contribution in [1.82, 2.24) is 0 Å². The van der Waals surface area contributed by atoms with Crippen molar-refractivity contribution in [3.63, 3.8) is 0 Å². The number of rotatable bonds is 3. The Labute approximate surface area is 124 Å². The fraction of sp³-hybridized carbons (Fsp3) is 1.00. The van der Waals surface area contributed by atoms with Crippen molar-refractivity contribution < 1.29 is 4.74 Å². The van der Waals surface area contributed by atoms with Gasteiger partial charge in [-0.05, 0) is 87.5 Å². The van der Waals surface area contributed by atoms with Gasteiger partial charge in [-0.15, -0.1) is 0 Å². The van der Waals surface area contributed by atoms with E-state index in [4.69, 9.17) is 10.5 Å². The monoisotopic (exact) mass is 279 g/mol. The lowest BCUT2D eigenvalue weighted by atomic mass is 9.61. The molecule has 0 amide bonds. The van der Waals surface area contributed by atoms with Crippen LogP contribution >= 0.6 is 0 Å². The maximum atomic E-state index is 6.13. The molecule has 4 atom stereocenters. The van der Waals surface area contributed by atoms with Gasteiger partial charge in [0.2, 0.25) is 0 Å². The van der Waals surface area contributed by atoms with Crippen LogP contribution in [0.3, 0.4) is 0 Å². The Morgan fingerprint density at radius 3 is 2.60 bits per heavy atom. The standard InChI is InChI=1S/C18H33NO/c1-13(2)14-4-5-16(12-19)17(10-14)15-6-9-20-18(11-15)7-3-8-18/h13-17H,3-12,19H2,1-2H3. The van der Waals surface area contributed by atoms with Crippen molar-refractivity contribution >= 4 is 0 Å². The molecule has 2 N–H and O–H groups in total. The van der Waals surface area contributed by atoms with E-state index >= 15 is 0 Å². The van der Waals surface area contributed by atoms with Crippen LogP contribution in [0.15, 0.2) is 0 Å². The largest absolute Gasteiger partial charge is 0.375 e. The predicted molar refractivity (Wildman–Crippen MR) is 83.5 cm³/mol. The van der Waals surface area contributed by atoms with E-state index in [1.807, 2.05) is 0 Å². The average Bonchev–Trinajstić information content (AvgIpc) is 2.45. The molecule has 1 spiro atoms. The van der Waals surface area contributed by atoms with Crippen molar-refractivity contribution in [3.8, 4) is 0 Å². The van der Waals surface area contributed by atoms with Crippen molar-refractivity contribution in [2.45, 2.75) is 70.8 Å². The van der Waals surface area contributed by atoms with Gasteiger partial charge in [-0.3, -0.25) is 0 Å². The maximum absolute atomic E-state index is 6.13. The number of nitrogens with two attached hydrogens (primary N) is 1. The molecule has 3 rings (SSSR count). The van der Waals surface area contributed by atoms with E-state index < -0.39 is 0 Å². The third-order valence-electron chi connectivity index (χ3n) is 6.74. The van der Waals surface area contributed by atoms with Crippen molar-refractivity contribution in [2.24, 2.45) is 35.3 Å². The van der Waals surface area contributed by atoms with E-state index in [-0.39, 0.29) is 0 Å². The van der Waals surface area contributed by atoms with Crippen LogP contribution in [0.1, 0.15) is 65.2 Å². The Morgan fingerprint density at radius 1 is 1.20 bits per heavy atom. The van der Waals surface area contributed by atoms with Crippen LogP contribution in [0.2, 0.25) is 0 Å². The second kappa shape index (κ2) is 5.96. The van der Waals surface area contributed by atoms with E-state index in [1.54, 1.807) is 0 Å². The fourth-order valence-corrected chi connectivity index (χ4v) is 5.13. The first-order chi connectivity index (χ1) is 9.63. The van der Waals surface area contributed by atoms with Crippen LogP contribution < -0.4 is 5.73 Å². The molecule has 1 saturated heterocycles. The lowest BCUT2D eigenvalue weighted by Crippen LogP contribution is -2.49. The molecule has 4 unspecified atom stereocenters. The summed E-state index contributed by atoms with van der Waals surface area (Å²) in [5.74, 6) is 4.32. The lowest BCUT2D eigenvalue weighted by molar-refractivity contribution is -0.155. The quantitative estimate of drug-likeness (QED) is 0.848. The average molecular weight is 279 g/mol. The number of hydrogen-bond donors (Lipinski definition) is 1. The first-order valence-electron chi connectivity index (χ1n) is 8.97. The summed E-state index contributed by atoms with van der Waals surface area (Å²) in [5, 5.41) is 0. The molecular formula is C18H33NO. The minimum Gasteiger partial charge on any atom is -0.375 e. The van der Waals surface area contributed by atoms with Gasteiger partial charge in [0.05, 0.1) is 5.60 Å². The Bertz CT molecular complexity index is 323. The molecule has 1 heterocycles. The maximum Gasteiger partial charge on any atom is 0.0685 e. The zero-order valence-electron chi connectivity index (χ0n) is 13.4. The first kappa shape index (κ1) is 14.8. The van der Waals surface area contributed by atoms with Gasteiger partial charge in [0.15, 0.2) is 0 Å². The van der Waals surface area contributed by atoms with Crippen LogP contribution in [0.25, 0.3) is 0 Å². The summed E-state index contributed by atoms with van der Waals surface area (Å²) in [7, 11) is 0.